The molecule has 2 amide bonds. The van der Waals surface area contributed by atoms with Crippen LogP contribution in [-0.4, -0.2) is 24.4 Å². The van der Waals surface area contributed by atoms with Crippen molar-refractivity contribution in [2.45, 2.75) is 31.7 Å². The molecule has 106 valence electrons. The summed E-state index contributed by atoms with van der Waals surface area (Å²) in [7, 11) is 0. The third-order valence-corrected chi connectivity index (χ3v) is 4.02. The molecule has 4 N–H and O–H groups in total. The molecular formula is C15H19N3O2. The number of amides is 2. The lowest BCUT2D eigenvalue weighted by Crippen LogP contribution is -2.41. The van der Waals surface area contributed by atoms with E-state index in [-0.39, 0.29) is 17.9 Å². The van der Waals surface area contributed by atoms with Gasteiger partial charge in [0, 0.05) is 30.3 Å². The largest absolute Gasteiger partial charge is 0.348 e. The topological polar surface area (TPSA) is 84.2 Å². The third-order valence-electron chi connectivity index (χ3n) is 4.02. The summed E-state index contributed by atoms with van der Waals surface area (Å²) >= 11 is 0. The minimum atomic E-state index is -0.0768. The predicted molar refractivity (Wildman–Crippen MR) is 76.4 cm³/mol. The minimum Gasteiger partial charge on any atom is -0.348 e. The Morgan fingerprint density at radius 3 is 2.90 bits per heavy atom. The van der Waals surface area contributed by atoms with Crippen LogP contribution in [0.2, 0.25) is 0 Å². The molecule has 1 unspecified atom stereocenters. The van der Waals surface area contributed by atoms with Gasteiger partial charge in [-0.15, -0.1) is 0 Å². The molecule has 2 aliphatic rings. The first-order valence-electron chi connectivity index (χ1n) is 7.11. The van der Waals surface area contributed by atoms with Gasteiger partial charge in [-0.3, -0.25) is 9.59 Å². The quantitative estimate of drug-likeness (QED) is 0.766. The highest BCUT2D eigenvalue weighted by molar-refractivity contribution is 5.98. The summed E-state index contributed by atoms with van der Waals surface area (Å²) in [6.07, 6.45) is 3.47. The summed E-state index contributed by atoms with van der Waals surface area (Å²) in [5.41, 5.74) is 8.18. The van der Waals surface area contributed by atoms with E-state index in [0.717, 1.165) is 24.1 Å². The number of aryl methyl sites for hydroxylation is 1. The second kappa shape index (κ2) is 5.25. The van der Waals surface area contributed by atoms with Crippen molar-refractivity contribution in [2.75, 3.05) is 11.9 Å². The maximum Gasteiger partial charge on any atom is 0.251 e. The first kappa shape index (κ1) is 13.1. The Balaban J connectivity index is 1.73. The molecule has 0 saturated heterocycles. The van der Waals surface area contributed by atoms with Crippen molar-refractivity contribution in [3.63, 3.8) is 0 Å². The van der Waals surface area contributed by atoms with Crippen LogP contribution in [0.15, 0.2) is 18.2 Å². The Kier molecular flexibility index (Phi) is 3.44. The van der Waals surface area contributed by atoms with Crippen LogP contribution in [0.1, 0.15) is 35.2 Å². The number of nitrogens with two attached hydrogens (primary N) is 1. The van der Waals surface area contributed by atoms with Gasteiger partial charge in [0.05, 0.1) is 0 Å². The molecule has 1 heterocycles. The molecule has 1 aliphatic carbocycles. The van der Waals surface area contributed by atoms with Gasteiger partial charge in [0.1, 0.15) is 0 Å². The van der Waals surface area contributed by atoms with Gasteiger partial charge in [-0.25, -0.2) is 0 Å². The maximum absolute atomic E-state index is 12.2. The third kappa shape index (κ3) is 2.67. The Labute approximate surface area is 117 Å². The summed E-state index contributed by atoms with van der Waals surface area (Å²) in [4.78, 5) is 23.5. The molecule has 0 spiro atoms. The van der Waals surface area contributed by atoms with Crippen molar-refractivity contribution in [1.29, 1.82) is 0 Å². The van der Waals surface area contributed by atoms with Crippen molar-refractivity contribution >= 4 is 17.5 Å². The van der Waals surface area contributed by atoms with Gasteiger partial charge in [-0.05, 0) is 48.9 Å². The van der Waals surface area contributed by atoms with Crippen molar-refractivity contribution in [3.8, 4) is 0 Å². The van der Waals surface area contributed by atoms with Crippen LogP contribution in [-0.2, 0) is 11.2 Å². The number of carbonyl (C=O) groups excluding carboxylic acids is 2. The molecule has 0 aromatic heterocycles. The van der Waals surface area contributed by atoms with Gasteiger partial charge >= 0.3 is 0 Å². The van der Waals surface area contributed by atoms with E-state index >= 15 is 0 Å². The molecule has 0 radical (unpaired) electrons. The van der Waals surface area contributed by atoms with Gasteiger partial charge < -0.3 is 16.4 Å². The normalized spacial score (nSPS) is 18.9. The molecule has 1 aliphatic heterocycles. The van der Waals surface area contributed by atoms with Crippen LogP contribution in [0.25, 0.3) is 0 Å². The molecule has 3 rings (SSSR count). The van der Waals surface area contributed by atoms with E-state index in [1.165, 1.54) is 0 Å². The number of carbonyl (C=O) groups is 2. The fourth-order valence-electron chi connectivity index (χ4n) is 2.64. The first-order valence-corrected chi connectivity index (χ1v) is 7.11. The van der Waals surface area contributed by atoms with Crippen LogP contribution in [0.3, 0.4) is 0 Å². The summed E-state index contributed by atoms with van der Waals surface area (Å²) in [5, 5.41) is 5.82. The van der Waals surface area contributed by atoms with Gasteiger partial charge in [-0.1, -0.05) is 0 Å². The Morgan fingerprint density at radius 1 is 1.40 bits per heavy atom. The highest BCUT2D eigenvalue weighted by Gasteiger charge is 2.31. The van der Waals surface area contributed by atoms with E-state index in [1.54, 1.807) is 12.1 Å². The highest BCUT2D eigenvalue weighted by atomic mass is 16.2. The second-order valence-electron chi connectivity index (χ2n) is 5.57. The Hall–Kier alpha value is -1.88. The molecule has 1 aromatic carbocycles. The van der Waals surface area contributed by atoms with Crippen LogP contribution in [0, 0.1) is 5.92 Å². The van der Waals surface area contributed by atoms with Gasteiger partial charge in [0.25, 0.3) is 5.91 Å². The maximum atomic E-state index is 12.2. The lowest BCUT2D eigenvalue weighted by Gasteiger charge is -2.19. The molecule has 1 saturated carbocycles. The average Bonchev–Trinajstić information content (AvgIpc) is 3.28. The first-order chi connectivity index (χ1) is 9.67. The molecule has 1 aromatic rings. The fraction of sp³-hybridized carbons (Fsp3) is 0.467. The van der Waals surface area contributed by atoms with Crippen LogP contribution in [0.4, 0.5) is 5.69 Å². The van der Waals surface area contributed by atoms with Crippen LogP contribution < -0.4 is 16.4 Å². The molecular weight excluding hydrogens is 254 g/mol. The number of fused-ring (bicyclic) bond motifs is 1. The molecule has 1 fully saturated rings. The summed E-state index contributed by atoms with van der Waals surface area (Å²) < 4.78 is 0. The molecule has 20 heavy (non-hydrogen) atoms. The van der Waals surface area contributed by atoms with Crippen molar-refractivity contribution < 1.29 is 9.59 Å². The summed E-state index contributed by atoms with van der Waals surface area (Å²) in [6, 6.07) is 5.50. The predicted octanol–water partition coefficient (Wildman–Crippen LogP) is 1.04. The fourth-order valence-corrected chi connectivity index (χ4v) is 2.64. The lowest BCUT2D eigenvalue weighted by atomic mass is 10.00. The molecule has 1 atom stereocenters. The Bertz CT molecular complexity index is 552. The van der Waals surface area contributed by atoms with E-state index in [1.807, 2.05) is 6.07 Å². The smallest absolute Gasteiger partial charge is 0.251 e. The van der Waals surface area contributed by atoms with Crippen molar-refractivity contribution in [1.82, 2.24) is 5.32 Å². The molecule has 5 nitrogen and oxygen atoms in total. The van der Waals surface area contributed by atoms with E-state index in [9.17, 15) is 9.59 Å². The number of hydrogen-bond acceptors (Lipinski definition) is 3. The SMILES string of the molecule is NCC(NC(=O)c1ccc2c(c1)CCC(=O)N2)C1CC1. The number of anilines is 1. The van der Waals surface area contributed by atoms with E-state index in [4.69, 9.17) is 5.73 Å². The highest BCUT2D eigenvalue weighted by Crippen LogP contribution is 2.32. The average molecular weight is 273 g/mol. The second-order valence-corrected chi connectivity index (χ2v) is 5.57. The number of hydrogen-bond donors (Lipinski definition) is 3. The number of nitrogens with one attached hydrogen (secondary N) is 2. The van der Waals surface area contributed by atoms with E-state index in [2.05, 4.69) is 10.6 Å². The summed E-state index contributed by atoms with van der Waals surface area (Å²) in [5.74, 6) is 0.500. The zero-order chi connectivity index (χ0) is 14.1. The number of rotatable bonds is 4. The molecule has 0 bridgehead atoms. The standard InChI is InChI=1S/C15H19N3O2/c16-8-13(9-1-2-9)18-15(20)11-3-5-12-10(7-11)4-6-14(19)17-12/h3,5,7,9,13H,1-2,4,6,8,16H2,(H,17,19)(H,18,20). The minimum absolute atomic E-state index is 0.0339. The monoisotopic (exact) mass is 273 g/mol. The van der Waals surface area contributed by atoms with Gasteiger partial charge in [0.15, 0.2) is 0 Å². The van der Waals surface area contributed by atoms with Crippen molar-refractivity contribution in [3.05, 3.63) is 29.3 Å². The zero-order valence-electron chi connectivity index (χ0n) is 11.3. The lowest BCUT2D eigenvalue weighted by molar-refractivity contribution is -0.116. The van der Waals surface area contributed by atoms with E-state index in [0.29, 0.717) is 30.9 Å². The van der Waals surface area contributed by atoms with Crippen LogP contribution >= 0.6 is 0 Å². The van der Waals surface area contributed by atoms with Gasteiger partial charge in [-0.2, -0.15) is 0 Å². The van der Waals surface area contributed by atoms with Crippen molar-refractivity contribution in [2.24, 2.45) is 11.7 Å². The molecule has 5 heteroatoms. The number of benzene rings is 1. The summed E-state index contributed by atoms with van der Waals surface area (Å²) in [6.45, 7) is 0.484. The zero-order valence-corrected chi connectivity index (χ0v) is 11.3. The van der Waals surface area contributed by atoms with Gasteiger partial charge in [0.2, 0.25) is 5.91 Å². The van der Waals surface area contributed by atoms with E-state index < -0.39 is 0 Å². The van der Waals surface area contributed by atoms with Crippen LogP contribution in [0.5, 0.6) is 0 Å². The Morgan fingerprint density at radius 2 is 2.20 bits per heavy atom.